The van der Waals surface area contributed by atoms with Gasteiger partial charge in [-0.25, -0.2) is 4.79 Å². The Kier molecular flexibility index (Phi) is 7.04. The van der Waals surface area contributed by atoms with Crippen molar-refractivity contribution < 1.29 is 13.9 Å². The second kappa shape index (κ2) is 9.69. The molecule has 1 saturated heterocycles. The number of hydrogen-bond donors (Lipinski definition) is 0. The lowest BCUT2D eigenvalue weighted by molar-refractivity contribution is 0.0547. The standard InChI is InChI=1S/C23H29NO4/c1-17-16-20(12-11-18-8-4-3-5-9-18)28-23(26)21(17)22(25)24-14-7-6-10-19(24)13-15-27-2/h3-5,8-9,16,19H,6-7,10-15H2,1-2H3. The number of likely N-dealkylation sites (tertiary alicyclic amines) is 1. The number of rotatable bonds is 7. The van der Waals surface area contributed by atoms with Gasteiger partial charge in [-0.2, -0.15) is 0 Å². The Hall–Kier alpha value is -2.40. The van der Waals surface area contributed by atoms with Crippen molar-refractivity contribution in [3.8, 4) is 0 Å². The van der Waals surface area contributed by atoms with Gasteiger partial charge in [-0.1, -0.05) is 30.3 Å². The van der Waals surface area contributed by atoms with Crippen LogP contribution in [0.15, 0.2) is 45.6 Å². The largest absolute Gasteiger partial charge is 0.427 e. The van der Waals surface area contributed by atoms with Crippen LogP contribution in [0.1, 0.15) is 52.9 Å². The second-order valence-electron chi connectivity index (χ2n) is 7.47. The van der Waals surface area contributed by atoms with Crippen molar-refractivity contribution in [1.29, 1.82) is 0 Å². The van der Waals surface area contributed by atoms with Crippen molar-refractivity contribution >= 4 is 5.91 Å². The van der Waals surface area contributed by atoms with E-state index >= 15 is 0 Å². The molecule has 0 radical (unpaired) electrons. The van der Waals surface area contributed by atoms with E-state index in [0.717, 1.165) is 32.1 Å². The van der Waals surface area contributed by atoms with Gasteiger partial charge in [0.25, 0.3) is 5.91 Å². The molecule has 2 aromatic rings. The van der Waals surface area contributed by atoms with Crippen molar-refractivity contribution in [2.45, 2.75) is 51.5 Å². The first-order chi connectivity index (χ1) is 13.6. The number of ether oxygens (including phenoxy) is 1. The molecule has 1 unspecified atom stereocenters. The molecule has 5 heteroatoms. The van der Waals surface area contributed by atoms with Gasteiger partial charge < -0.3 is 14.1 Å². The SMILES string of the molecule is COCCC1CCCCN1C(=O)c1c(C)cc(CCc2ccccc2)oc1=O. The van der Waals surface area contributed by atoms with Crippen LogP contribution in [-0.2, 0) is 17.6 Å². The molecular weight excluding hydrogens is 354 g/mol. The molecule has 0 spiro atoms. The molecule has 1 amide bonds. The molecule has 0 saturated carbocycles. The summed E-state index contributed by atoms with van der Waals surface area (Å²) in [4.78, 5) is 27.6. The zero-order chi connectivity index (χ0) is 19.9. The number of methoxy groups -OCH3 is 1. The van der Waals surface area contributed by atoms with Crippen molar-refractivity contribution in [3.63, 3.8) is 0 Å². The Morgan fingerprint density at radius 2 is 2.00 bits per heavy atom. The molecule has 1 aromatic heterocycles. The van der Waals surface area contributed by atoms with Crippen LogP contribution in [0.25, 0.3) is 0 Å². The van der Waals surface area contributed by atoms with E-state index in [1.807, 2.05) is 36.1 Å². The first-order valence-corrected chi connectivity index (χ1v) is 10.1. The summed E-state index contributed by atoms with van der Waals surface area (Å²) < 4.78 is 10.7. The second-order valence-corrected chi connectivity index (χ2v) is 7.47. The maximum absolute atomic E-state index is 13.1. The summed E-state index contributed by atoms with van der Waals surface area (Å²) in [6.45, 7) is 3.12. The number of amides is 1. The number of carbonyl (C=O) groups is 1. The van der Waals surface area contributed by atoms with E-state index < -0.39 is 5.63 Å². The van der Waals surface area contributed by atoms with Crippen molar-refractivity contribution in [3.05, 3.63) is 69.3 Å². The normalized spacial score (nSPS) is 16.9. The van der Waals surface area contributed by atoms with Crippen molar-refractivity contribution in [1.82, 2.24) is 4.90 Å². The smallest absolute Gasteiger partial charge is 0.349 e. The van der Waals surface area contributed by atoms with Crippen LogP contribution in [0, 0.1) is 6.92 Å². The van der Waals surface area contributed by atoms with Crippen LogP contribution >= 0.6 is 0 Å². The third-order valence-electron chi connectivity index (χ3n) is 5.46. The van der Waals surface area contributed by atoms with Crippen LogP contribution in [0.3, 0.4) is 0 Å². The number of hydrogen-bond acceptors (Lipinski definition) is 4. The Bertz CT molecular complexity index is 843. The Morgan fingerprint density at radius 1 is 1.21 bits per heavy atom. The molecule has 1 atom stereocenters. The van der Waals surface area contributed by atoms with E-state index in [-0.39, 0.29) is 17.5 Å². The predicted octanol–water partition coefficient (Wildman–Crippen LogP) is 3.76. The number of aryl methyl sites for hydroxylation is 3. The van der Waals surface area contributed by atoms with Gasteiger partial charge in [0.2, 0.25) is 0 Å². The Labute approximate surface area is 166 Å². The zero-order valence-corrected chi connectivity index (χ0v) is 16.8. The Balaban J connectivity index is 1.76. The summed E-state index contributed by atoms with van der Waals surface area (Å²) in [5, 5.41) is 0. The van der Waals surface area contributed by atoms with Gasteiger partial charge in [-0.3, -0.25) is 4.79 Å². The van der Waals surface area contributed by atoms with E-state index in [9.17, 15) is 9.59 Å². The van der Waals surface area contributed by atoms with Gasteiger partial charge >= 0.3 is 5.63 Å². The average Bonchev–Trinajstić information content (AvgIpc) is 2.71. The molecule has 2 heterocycles. The number of piperidine rings is 1. The lowest BCUT2D eigenvalue weighted by atomic mass is 9.97. The van der Waals surface area contributed by atoms with Gasteiger partial charge in [0.05, 0.1) is 0 Å². The highest BCUT2D eigenvalue weighted by Crippen LogP contribution is 2.22. The molecule has 0 aliphatic carbocycles. The molecule has 1 fully saturated rings. The molecule has 1 aliphatic heterocycles. The lowest BCUT2D eigenvalue weighted by Gasteiger charge is -2.35. The van der Waals surface area contributed by atoms with Crippen LogP contribution < -0.4 is 5.63 Å². The van der Waals surface area contributed by atoms with Crippen LogP contribution in [0.2, 0.25) is 0 Å². The highest BCUT2D eigenvalue weighted by atomic mass is 16.5. The van der Waals surface area contributed by atoms with E-state index in [1.54, 1.807) is 7.11 Å². The van der Waals surface area contributed by atoms with Crippen molar-refractivity contribution in [2.24, 2.45) is 0 Å². The van der Waals surface area contributed by atoms with Gasteiger partial charge in [0.15, 0.2) is 0 Å². The van der Waals surface area contributed by atoms with Crippen LogP contribution in [-0.4, -0.2) is 37.1 Å². The summed E-state index contributed by atoms with van der Waals surface area (Å²) in [7, 11) is 1.67. The first kappa shape index (κ1) is 20.3. The molecule has 3 rings (SSSR count). The van der Waals surface area contributed by atoms with Gasteiger partial charge in [0.1, 0.15) is 11.3 Å². The van der Waals surface area contributed by atoms with Crippen LogP contribution in [0.5, 0.6) is 0 Å². The monoisotopic (exact) mass is 383 g/mol. The predicted molar refractivity (Wildman–Crippen MR) is 109 cm³/mol. The molecule has 28 heavy (non-hydrogen) atoms. The molecule has 5 nitrogen and oxygen atoms in total. The van der Waals surface area contributed by atoms with Crippen molar-refractivity contribution in [2.75, 3.05) is 20.3 Å². The highest BCUT2D eigenvalue weighted by Gasteiger charge is 2.30. The molecule has 0 N–H and O–H groups in total. The summed E-state index contributed by atoms with van der Waals surface area (Å²) in [5.74, 6) is 0.416. The number of benzene rings is 1. The van der Waals surface area contributed by atoms with Gasteiger partial charge in [0, 0.05) is 32.7 Å². The number of carbonyl (C=O) groups excluding carboxylic acids is 1. The third kappa shape index (κ3) is 4.90. The lowest BCUT2D eigenvalue weighted by Crippen LogP contribution is -2.45. The minimum absolute atomic E-state index is 0.123. The molecule has 1 aliphatic rings. The Morgan fingerprint density at radius 3 is 2.71 bits per heavy atom. The summed E-state index contributed by atoms with van der Waals surface area (Å²) >= 11 is 0. The topological polar surface area (TPSA) is 59.8 Å². The van der Waals surface area contributed by atoms with Crippen LogP contribution in [0.4, 0.5) is 0 Å². The van der Waals surface area contributed by atoms with E-state index in [2.05, 4.69) is 12.1 Å². The molecule has 150 valence electrons. The van der Waals surface area contributed by atoms with Gasteiger partial charge in [-0.15, -0.1) is 0 Å². The third-order valence-corrected chi connectivity index (χ3v) is 5.46. The summed E-state index contributed by atoms with van der Waals surface area (Å²) in [6, 6.07) is 12.0. The fourth-order valence-corrected chi connectivity index (χ4v) is 3.93. The minimum Gasteiger partial charge on any atom is -0.427 e. The molecule has 1 aromatic carbocycles. The highest BCUT2D eigenvalue weighted by molar-refractivity contribution is 5.95. The maximum atomic E-state index is 13.1. The molecular formula is C23H29NO4. The fourth-order valence-electron chi connectivity index (χ4n) is 3.93. The average molecular weight is 383 g/mol. The van der Waals surface area contributed by atoms with E-state index in [1.165, 1.54) is 5.56 Å². The summed E-state index contributed by atoms with van der Waals surface area (Å²) in [5.41, 5.74) is 1.54. The zero-order valence-electron chi connectivity index (χ0n) is 16.8. The summed E-state index contributed by atoms with van der Waals surface area (Å²) in [6.07, 6.45) is 5.24. The number of nitrogens with zero attached hydrogens (tertiary/aromatic N) is 1. The fraction of sp³-hybridized carbons (Fsp3) is 0.478. The first-order valence-electron chi connectivity index (χ1n) is 10.1. The molecule has 0 bridgehead atoms. The maximum Gasteiger partial charge on any atom is 0.349 e. The minimum atomic E-state index is -0.524. The van der Waals surface area contributed by atoms with E-state index in [4.69, 9.17) is 9.15 Å². The van der Waals surface area contributed by atoms with E-state index in [0.29, 0.717) is 30.9 Å². The van der Waals surface area contributed by atoms with Gasteiger partial charge in [-0.05, 0) is 56.2 Å². The quantitative estimate of drug-likeness (QED) is 0.730.